The van der Waals surface area contributed by atoms with Gasteiger partial charge >= 0.3 is 12.1 Å². The zero-order valence-electron chi connectivity index (χ0n) is 31.7. The molecule has 14 heteroatoms. The zero-order valence-corrected chi connectivity index (χ0v) is 31.7. The van der Waals surface area contributed by atoms with Gasteiger partial charge in [0.2, 0.25) is 0 Å². The van der Waals surface area contributed by atoms with E-state index in [9.17, 15) is 14.7 Å². The molecule has 3 aromatic carbocycles. The maximum absolute atomic E-state index is 12.9. The highest BCUT2D eigenvalue weighted by Gasteiger charge is 2.36. The van der Waals surface area contributed by atoms with Crippen LogP contribution >= 0.6 is 0 Å². The van der Waals surface area contributed by atoms with Crippen LogP contribution in [0.15, 0.2) is 108 Å². The smallest absolute Gasteiger partial charge is 0.415 e. The van der Waals surface area contributed by atoms with E-state index in [0.29, 0.717) is 71.3 Å². The van der Waals surface area contributed by atoms with Crippen LogP contribution in [-0.4, -0.2) is 95.5 Å². The molecule has 1 N–H and O–H groups in total. The van der Waals surface area contributed by atoms with Gasteiger partial charge < -0.3 is 43.6 Å². The topological polar surface area (TPSA) is 153 Å². The number of methoxy groups -OCH3 is 1. The standard InChI is InChI=1S/C42H50N4O10/c1-50-21-22-51-23-24-52-25-26-53-27-28-54-40(47)38-13-8-20-46(38)42(49)56-32-45-19-7-9-34(30-45)29-43-41(48)44-36-17-15-33(16-18-36)31-55-39-14-6-5-12-37(39)35-10-3-2-4-11-35/h2-7,9-12,14-19,30,38H,8,13,20-29,31-32H2,1H3,(H-,43,44,48)/t38-/m0/s1. The summed E-state index contributed by atoms with van der Waals surface area (Å²) in [6.45, 7) is 3.83. The van der Waals surface area contributed by atoms with Crippen LogP contribution < -0.4 is 19.7 Å². The monoisotopic (exact) mass is 770 g/mol. The number of ether oxygens (including phenoxy) is 7. The number of aromatic nitrogens is 1. The molecule has 1 aromatic heterocycles. The molecule has 0 unspecified atom stereocenters. The lowest BCUT2D eigenvalue weighted by Crippen LogP contribution is -2.44. The highest BCUT2D eigenvalue weighted by atomic mass is 16.6. The summed E-state index contributed by atoms with van der Waals surface area (Å²) in [7, 11) is 1.62. The highest BCUT2D eigenvalue weighted by molar-refractivity contribution is 5.85. The highest BCUT2D eigenvalue weighted by Crippen LogP contribution is 2.30. The number of anilines is 1. The molecule has 14 nitrogen and oxygen atoms in total. The Hall–Kier alpha value is -5.54. The van der Waals surface area contributed by atoms with Crippen molar-refractivity contribution < 1.29 is 52.4 Å². The average molecular weight is 771 g/mol. The molecule has 298 valence electrons. The number of para-hydroxylation sites is 1. The van der Waals surface area contributed by atoms with Gasteiger partial charge in [0.15, 0.2) is 12.4 Å². The van der Waals surface area contributed by atoms with E-state index in [-0.39, 0.29) is 26.5 Å². The second kappa shape index (κ2) is 23.4. The second-order valence-electron chi connectivity index (χ2n) is 12.7. The maximum atomic E-state index is 12.9. The van der Waals surface area contributed by atoms with Gasteiger partial charge in [0, 0.05) is 36.5 Å². The van der Waals surface area contributed by atoms with Crippen molar-refractivity contribution >= 4 is 23.8 Å². The van der Waals surface area contributed by atoms with Crippen LogP contribution in [0.4, 0.5) is 10.5 Å². The number of carbonyl (C=O) groups excluding carboxylic acids is 2. The number of hydrogen-bond donors (Lipinski definition) is 1. The number of likely N-dealkylation sites (tertiary alicyclic amines) is 1. The Balaban J connectivity index is 0.988. The largest absolute Gasteiger partial charge is 0.846 e. The Kier molecular flexibility index (Phi) is 17.4. The molecule has 0 saturated carbocycles. The number of amides is 1. The summed E-state index contributed by atoms with van der Waals surface area (Å²) < 4.78 is 39.8. The van der Waals surface area contributed by atoms with Crippen molar-refractivity contribution in [1.29, 1.82) is 0 Å². The summed E-state index contributed by atoms with van der Waals surface area (Å²) >= 11 is 0. The molecule has 1 saturated heterocycles. The van der Waals surface area contributed by atoms with Crippen LogP contribution in [-0.2, 0) is 53.1 Å². The minimum Gasteiger partial charge on any atom is -0.846 e. The van der Waals surface area contributed by atoms with E-state index in [4.69, 9.17) is 33.2 Å². The number of benzene rings is 3. The molecular formula is C42H50N4O10. The first kappa shape index (κ1) is 41.6. The fraction of sp³-hybridized carbons (Fsp3) is 0.381. The number of pyridine rings is 1. The fourth-order valence-electron chi connectivity index (χ4n) is 5.79. The van der Waals surface area contributed by atoms with E-state index in [1.54, 1.807) is 30.1 Å². The van der Waals surface area contributed by atoms with Crippen LogP contribution in [0.25, 0.3) is 11.1 Å². The molecule has 56 heavy (non-hydrogen) atoms. The van der Waals surface area contributed by atoms with Crippen LogP contribution in [0.2, 0.25) is 0 Å². The Morgan fingerprint density at radius 1 is 0.804 bits per heavy atom. The third-order valence-electron chi connectivity index (χ3n) is 8.64. The van der Waals surface area contributed by atoms with Gasteiger partial charge in [-0.25, -0.2) is 9.59 Å². The number of rotatable bonds is 22. The number of esters is 1. The fourth-order valence-corrected chi connectivity index (χ4v) is 5.79. The minimum atomic E-state index is -0.718. The van der Waals surface area contributed by atoms with E-state index in [0.717, 1.165) is 28.0 Å². The van der Waals surface area contributed by atoms with Crippen molar-refractivity contribution in [2.75, 3.05) is 71.8 Å². The van der Waals surface area contributed by atoms with Crippen molar-refractivity contribution in [1.82, 2.24) is 4.90 Å². The molecule has 1 atom stereocenters. The number of amidine groups is 1. The van der Waals surface area contributed by atoms with Gasteiger partial charge in [-0.2, -0.15) is 4.57 Å². The summed E-state index contributed by atoms with van der Waals surface area (Å²) in [5.41, 5.74) is 4.41. The molecule has 4 aromatic rings. The predicted molar refractivity (Wildman–Crippen MR) is 206 cm³/mol. The van der Waals surface area contributed by atoms with Crippen molar-refractivity contribution in [3.8, 4) is 16.9 Å². The molecule has 0 bridgehead atoms. The number of carbonyl (C=O) groups is 2. The molecule has 1 amide bonds. The third-order valence-corrected chi connectivity index (χ3v) is 8.64. The van der Waals surface area contributed by atoms with Crippen molar-refractivity contribution in [3.05, 3.63) is 115 Å². The number of nitrogens with zero attached hydrogens (tertiary/aromatic N) is 3. The van der Waals surface area contributed by atoms with Gasteiger partial charge in [0.25, 0.3) is 6.73 Å². The summed E-state index contributed by atoms with van der Waals surface area (Å²) in [5, 5.41) is 15.4. The molecule has 0 radical (unpaired) electrons. The number of hydrogen-bond acceptors (Lipinski definition) is 11. The lowest BCUT2D eigenvalue weighted by atomic mass is 10.0. The maximum Gasteiger partial charge on any atom is 0.415 e. The van der Waals surface area contributed by atoms with Crippen LogP contribution in [0.1, 0.15) is 24.0 Å². The van der Waals surface area contributed by atoms with Crippen molar-refractivity contribution in [3.63, 3.8) is 0 Å². The quantitative estimate of drug-likeness (QED) is 0.0399. The first-order valence-electron chi connectivity index (χ1n) is 18.6. The first-order chi connectivity index (χ1) is 27.5. The Morgan fingerprint density at radius 3 is 2.25 bits per heavy atom. The molecule has 5 rings (SSSR count). The Bertz CT molecular complexity index is 1810. The Morgan fingerprint density at radius 2 is 1.50 bits per heavy atom. The molecular weight excluding hydrogens is 720 g/mol. The summed E-state index contributed by atoms with van der Waals surface area (Å²) in [6, 6.07) is 27.8. The van der Waals surface area contributed by atoms with E-state index >= 15 is 0 Å². The summed E-state index contributed by atoms with van der Waals surface area (Å²) in [4.78, 5) is 31.2. The molecule has 1 fully saturated rings. The number of aliphatic imine (C=N–C) groups is 1. The average Bonchev–Trinajstić information content (AvgIpc) is 3.73. The molecule has 2 heterocycles. The molecule has 0 aliphatic carbocycles. The summed E-state index contributed by atoms with van der Waals surface area (Å²) in [6.07, 6.45) is 4.02. The third kappa shape index (κ3) is 13.9. The van der Waals surface area contributed by atoms with Crippen LogP contribution in [0.5, 0.6) is 5.75 Å². The SMILES string of the molecule is COCCOCCOCCOCCOC(=O)[C@@H]1CCCN1C(=O)OC[n+]1cccc(CN=C([O-])Nc2ccc(COc3ccccc3-c3ccccc3)cc2)c1. The van der Waals surface area contributed by atoms with E-state index in [2.05, 4.69) is 22.4 Å². The molecule has 1 aliphatic heterocycles. The second-order valence-corrected chi connectivity index (χ2v) is 12.7. The van der Waals surface area contributed by atoms with Crippen LogP contribution in [0, 0.1) is 0 Å². The van der Waals surface area contributed by atoms with Gasteiger partial charge in [0.05, 0.1) is 58.8 Å². The van der Waals surface area contributed by atoms with Gasteiger partial charge in [-0.1, -0.05) is 60.7 Å². The van der Waals surface area contributed by atoms with Crippen molar-refractivity contribution in [2.45, 2.75) is 38.8 Å². The normalized spacial score (nSPS) is 14.1. The number of nitrogens with one attached hydrogen (secondary N) is 1. The van der Waals surface area contributed by atoms with E-state index in [1.807, 2.05) is 72.8 Å². The molecule has 0 spiro atoms. The molecule has 1 aliphatic rings. The lowest BCUT2D eigenvalue weighted by molar-refractivity contribution is -0.727. The minimum absolute atomic E-state index is 0.0670. The van der Waals surface area contributed by atoms with Crippen molar-refractivity contribution in [2.24, 2.45) is 4.99 Å². The van der Waals surface area contributed by atoms with Gasteiger partial charge in [0.1, 0.15) is 25.0 Å². The zero-order chi connectivity index (χ0) is 39.2. The first-order valence-corrected chi connectivity index (χ1v) is 18.6. The van der Waals surface area contributed by atoms with Gasteiger partial charge in [-0.15, -0.1) is 0 Å². The lowest BCUT2D eigenvalue weighted by Gasteiger charge is -2.21. The van der Waals surface area contributed by atoms with Gasteiger partial charge in [-0.3, -0.25) is 9.89 Å². The van der Waals surface area contributed by atoms with E-state index in [1.165, 1.54) is 4.90 Å². The van der Waals surface area contributed by atoms with Gasteiger partial charge in [-0.05, 0) is 48.2 Å². The summed E-state index contributed by atoms with van der Waals surface area (Å²) in [5.74, 6) is 0.300. The van der Waals surface area contributed by atoms with E-state index < -0.39 is 24.1 Å². The Labute approximate surface area is 327 Å². The predicted octanol–water partition coefficient (Wildman–Crippen LogP) is 4.35. The van der Waals surface area contributed by atoms with Crippen LogP contribution in [0.3, 0.4) is 0 Å².